The maximum Gasteiger partial charge on any atom is 0.346 e. The summed E-state index contributed by atoms with van der Waals surface area (Å²) in [4.78, 5) is 21.0. The predicted octanol–water partition coefficient (Wildman–Crippen LogP) is 4.03. The number of anilines is 2. The Kier molecular flexibility index (Phi) is 5.59. The summed E-state index contributed by atoms with van der Waals surface area (Å²) in [6, 6.07) is 14.5. The van der Waals surface area contributed by atoms with Gasteiger partial charge in [-0.05, 0) is 42.0 Å². The van der Waals surface area contributed by atoms with Gasteiger partial charge in [0.1, 0.15) is 5.69 Å². The summed E-state index contributed by atoms with van der Waals surface area (Å²) in [5, 5.41) is 2.72. The minimum Gasteiger partial charge on any atom is -0.369 e. The molecule has 0 amide bonds. The summed E-state index contributed by atoms with van der Waals surface area (Å²) in [5.41, 5.74) is 4.94. The Labute approximate surface area is 188 Å². The van der Waals surface area contributed by atoms with Gasteiger partial charge < -0.3 is 4.90 Å². The fourth-order valence-electron chi connectivity index (χ4n) is 4.93. The molecule has 5 rings (SSSR count). The van der Waals surface area contributed by atoms with Gasteiger partial charge in [0, 0.05) is 61.5 Å². The first-order valence-corrected chi connectivity index (χ1v) is 11.5. The van der Waals surface area contributed by atoms with Crippen LogP contribution in [-0.4, -0.2) is 60.7 Å². The van der Waals surface area contributed by atoms with Crippen molar-refractivity contribution in [2.45, 2.75) is 19.8 Å². The van der Waals surface area contributed by atoms with Gasteiger partial charge in [0.2, 0.25) is 0 Å². The zero-order chi connectivity index (χ0) is 21.4. The van der Waals surface area contributed by atoms with Gasteiger partial charge in [-0.15, -0.1) is 0 Å². The summed E-state index contributed by atoms with van der Waals surface area (Å²) in [5.74, 6) is 0.775. The van der Waals surface area contributed by atoms with E-state index in [0.29, 0.717) is 6.67 Å². The molecular formula is C24H29ClN5O+. The van der Waals surface area contributed by atoms with Crippen molar-refractivity contribution >= 4 is 23.0 Å². The second kappa shape index (κ2) is 8.52. The van der Waals surface area contributed by atoms with Crippen LogP contribution in [0.15, 0.2) is 54.4 Å². The van der Waals surface area contributed by atoms with Crippen LogP contribution >= 0.6 is 11.6 Å². The summed E-state index contributed by atoms with van der Waals surface area (Å²) >= 11 is 6.14. The predicted molar refractivity (Wildman–Crippen MR) is 125 cm³/mol. The van der Waals surface area contributed by atoms with Gasteiger partial charge in [0.05, 0.1) is 11.4 Å². The van der Waals surface area contributed by atoms with E-state index in [0.717, 1.165) is 67.8 Å². The molecule has 0 radical (unpaired) electrons. The number of aryl methyl sites for hydroxylation is 1. The van der Waals surface area contributed by atoms with Crippen LogP contribution < -0.4 is 9.80 Å². The minimum atomic E-state index is 0.635. The van der Waals surface area contributed by atoms with E-state index < -0.39 is 0 Å². The van der Waals surface area contributed by atoms with Crippen molar-refractivity contribution in [3.63, 3.8) is 0 Å². The van der Waals surface area contributed by atoms with Gasteiger partial charge in [0.15, 0.2) is 6.67 Å². The van der Waals surface area contributed by atoms with Crippen molar-refractivity contribution in [3.05, 3.63) is 75.4 Å². The molecule has 2 saturated heterocycles. The molecule has 31 heavy (non-hydrogen) atoms. The Balaban J connectivity index is 1.13. The number of nitrogens with zero attached hydrogens (tertiary/aromatic N) is 5. The molecule has 0 unspecified atom stereocenters. The van der Waals surface area contributed by atoms with Gasteiger partial charge >= 0.3 is 5.82 Å². The van der Waals surface area contributed by atoms with Crippen molar-refractivity contribution in [1.29, 1.82) is 0 Å². The highest BCUT2D eigenvalue weighted by atomic mass is 35.5. The summed E-state index contributed by atoms with van der Waals surface area (Å²) in [6.45, 7) is 8.64. The largest absolute Gasteiger partial charge is 0.369 e. The smallest absolute Gasteiger partial charge is 0.346 e. The Hall–Kier alpha value is -2.57. The standard InChI is InChI=1S/C24H29ClN5O/c1-19-5-2-6-20-9-10-23-29(24(19)20)18-28(30(23)31)12-4-11-26-13-15-27(16-14-26)22-8-3-7-21(25)17-22/h2-3,5-8,10,17H,4,9,11-16,18H2,1H3/q+1. The monoisotopic (exact) mass is 438 g/mol. The van der Waals surface area contributed by atoms with Crippen molar-refractivity contribution in [2.24, 2.45) is 0 Å². The van der Waals surface area contributed by atoms with Crippen LogP contribution in [0.4, 0.5) is 11.4 Å². The molecule has 0 atom stereocenters. The van der Waals surface area contributed by atoms with Crippen LogP contribution in [0.1, 0.15) is 17.5 Å². The number of piperazine rings is 1. The van der Waals surface area contributed by atoms with E-state index >= 15 is 0 Å². The van der Waals surface area contributed by atoms with Crippen molar-refractivity contribution < 1.29 is 4.87 Å². The molecule has 0 N–H and O–H groups in total. The molecule has 3 aliphatic heterocycles. The fourth-order valence-corrected chi connectivity index (χ4v) is 5.11. The third-order valence-corrected chi connectivity index (χ3v) is 6.80. The molecule has 6 nitrogen and oxygen atoms in total. The normalized spacial score (nSPS) is 18.8. The van der Waals surface area contributed by atoms with Crippen LogP contribution in [0.25, 0.3) is 0 Å². The average molecular weight is 439 g/mol. The topological polar surface area (TPSA) is 33.0 Å². The van der Waals surface area contributed by atoms with Crippen LogP contribution in [0.5, 0.6) is 0 Å². The number of nitroso groups, excluding NO2 is 1. The van der Waals surface area contributed by atoms with Crippen LogP contribution in [0.3, 0.4) is 0 Å². The number of para-hydroxylation sites is 1. The zero-order valence-corrected chi connectivity index (χ0v) is 18.8. The Morgan fingerprint density at radius 1 is 1.03 bits per heavy atom. The molecule has 162 valence electrons. The van der Waals surface area contributed by atoms with E-state index in [1.54, 1.807) is 0 Å². The lowest BCUT2D eigenvalue weighted by Crippen LogP contribution is -2.47. The van der Waals surface area contributed by atoms with Crippen molar-refractivity contribution in [2.75, 3.05) is 55.7 Å². The maximum absolute atomic E-state index is 12.9. The first-order valence-electron chi connectivity index (χ1n) is 11.1. The third kappa shape index (κ3) is 4.02. The lowest BCUT2D eigenvalue weighted by atomic mass is 10.0. The third-order valence-electron chi connectivity index (χ3n) is 6.57. The second-order valence-corrected chi connectivity index (χ2v) is 9.02. The Morgan fingerprint density at radius 2 is 1.84 bits per heavy atom. The quantitative estimate of drug-likeness (QED) is 0.658. The molecule has 7 heteroatoms. The Bertz CT molecular complexity index is 1010. The van der Waals surface area contributed by atoms with E-state index in [1.807, 2.05) is 23.2 Å². The molecule has 0 saturated carbocycles. The number of hydrogen-bond acceptors (Lipinski definition) is 4. The van der Waals surface area contributed by atoms with Gasteiger partial charge in [-0.25, -0.2) is 4.90 Å². The van der Waals surface area contributed by atoms with Crippen molar-refractivity contribution in [1.82, 2.24) is 9.91 Å². The minimum absolute atomic E-state index is 0.635. The lowest BCUT2D eigenvalue weighted by Gasteiger charge is -2.36. The number of allylic oxidation sites excluding steroid dienone is 1. The zero-order valence-electron chi connectivity index (χ0n) is 18.0. The number of hydrogen-bond donors (Lipinski definition) is 0. The van der Waals surface area contributed by atoms with E-state index in [9.17, 15) is 4.91 Å². The first-order chi connectivity index (χ1) is 15.1. The van der Waals surface area contributed by atoms with Crippen LogP contribution in [0, 0.1) is 11.8 Å². The molecule has 2 aromatic rings. The maximum atomic E-state index is 12.9. The van der Waals surface area contributed by atoms with Crippen LogP contribution in [-0.2, 0) is 6.42 Å². The van der Waals surface area contributed by atoms with Gasteiger partial charge in [-0.1, -0.05) is 35.9 Å². The second-order valence-electron chi connectivity index (χ2n) is 8.58. The molecule has 0 spiro atoms. The molecule has 3 heterocycles. The van der Waals surface area contributed by atoms with E-state index in [-0.39, 0.29) is 0 Å². The summed E-state index contributed by atoms with van der Waals surface area (Å²) < 4.78 is 0. The number of halogens is 1. The lowest BCUT2D eigenvalue weighted by molar-refractivity contribution is -0.650. The molecule has 0 aromatic heterocycles. The van der Waals surface area contributed by atoms with Gasteiger partial charge in [0.25, 0.3) is 0 Å². The average Bonchev–Trinajstić information content (AvgIpc) is 3.10. The number of rotatable bonds is 5. The first kappa shape index (κ1) is 20.3. The number of hydrazine groups is 1. The van der Waals surface area contributed by atoms with Gasteiger partial charge in [-0.3, -0.25) is 4.90 Å². The molecule has 2 aromatic carbocycles. The molecule has 0 aliphatic carbocycles. The van der Waals surface area contributed by atoms with E-state index in [1.165, 1.54) is 22.5 Å². The van der Waals surface area contributed by atoms with Crippen LogP contribution in [0.2, 0.25) is 5.02 Å². The molecule has 2 fully saturated rings. The molecule has 3 aliphatic rings. The van der Waals surface area contributed by atoms with Gasteiger partial charge in [-0.2, -0.15) is 5.01 Å². The highest BCUT2D eigenvalue weighted by Crippen LogP contribution is 2.36. The Morgan fingerprint density at radius 3 is 2.65 bits per heavy atom. The van der Waals surface area contributed by atoms with E-state index in [2.05, 4.69) is 52.0 Å². The SMILES string of the molecule is Cc1cccc2c1N1CN(CCCN3CCN(c4cccc(Cl)c4)CC3)[N+](=O)C1=CC2. The molecular weight excluding hydrogens is 410 g/mol. The van der Waals surface area contributed by atoms with E-state index in [4.69, 9.17) is 11.6 Å². The number of fused-ring (bicyclic) bond motifs is 3. The highest BCUT2D eigenvalue weighted by molar-refractivity contribution is 6.30. The summed E-state index contributed by atoms with van der Waals surface area (Å²) in [6.07, 6.45) is 3.87. The summed E-state index contributed by atoms with van der Waals surface area (Å²) in [7, 11) is 0. The molecule has 0 bridgehead atoms. The van der Waals surface area contributed by atoms with Crippen molar-refractivity contribution in [3.8, 4) is 0 Å². The number of benzene rings is 2. The highest BCUT2D eigenvalue weighted by Gasteiger charge is 2.44. The fraction of sp³-hybridized carbons (Fsp3) is 0.417.